The van der Waals surface area contributed by atoms with E-state index in [1.807, 2.05) is 17.1 Å². The number of anilines is 1. The number of aromatic nitrogens is 3. The Hall–Kier alpha value is -1.87. The zero-order chi connectivity index (χ0) is 28.4. The van der Waals surface area contributed by atoms with Crippen LogP contribution < -0.4 is 4.90 Å². The fourth-order valence-electron chi connectivity index (χ4n) is 7.02. The summed E-state index contributed by atoms with van der Waals surface area (Å²) in [5.41, 5.74) is 1.18. The molecule has 0 radical (unpaired) electrons. The number of ether oxygens (including phenoxy) is 1. The first kappa shape index (κ1) is 29.6. The number of thioether (sulfide) groups is 1. The molecule has 3 fully saturated rings. The third-order valence-electron chi connectivity index (χ3n) is 9.81. The first-order valence-electron chi connectivity index (χ1n) is 15.2. The van der Waals surface area contributed by atoms with E-state index in [9.17, 15) is 9.59 Å². The Morgan fingerprint density at radius 1 is 1.05 bits per heavy atom. The molecule has 2 heterocycles. The number of hydrogen-bond donors (Lipinski definition) is 0. The molecule has 3 aliphatic rings. The Kier molecular flexibility index (Phi) is 9.30. The van der Waals surface area contributed by atoms with Gasteiger partial charge in [-0.2, -0.15) is 0 Å². The molecule has 3 aliphatic carbocycles. The van der Waals surface area contributed by atoms with Crippen LogP contribution in [0.2, 0.25) is 0 Å². The van der Waals surface area contributed by atoms with Crippen LogP contribution in [0.3, 0.4) is 0 Å². The van der Waals surface area contributed by atoms with Crippen molar-refractivity contribution in [3.63, 3.8) is 0 Å². The van der Waals surface area contributed by atoms with E-state index in [-0.39, 0.29) is 23.8 Å². The average molecular weight is 587 g/mol. The van der Waals surface area contributed by atoms with Gasteiger partial charge in [-0.3, -0.25) is 4.79 Å². The quantitative estimate of drug-likeness (QED) is 0.243. The molecule has 0 N–H and O–H groups in total. The Morgan fingerprint density at radius 2 is 1.73 bits per heavy atom. The molecule has 0 saturated heterocycles. The SMILES string of the molecule is COC(=O)c1sc(C2CCC(C)(C)CC2)cc1N(C(=O)C1CCC(C)CC1)C1CCC(n2cc(SC)nn2)CC1. The monoisotopic (exact) mass is 586 g/mol. The number of amides is 1. The molecule has 1 amide bonds. The predicted molar refractivity (Wildman–Crippen MR) is 162 cm³/mol. The van der Waals surface area contributed by atoms with E-state index < -0.39 is 0 Å². The summed E-state index contributed by atoms with van der Waals surface area (Å²) in [7, 11) is 1.45. The smallest absolute Gasteiger partial charge is 0.350 e. The molecule has 3 saturated carbocycles. The van der Waals surface area contributed by atoms with Crippen LogP contribution in [0, 0.1) is 17.3 Å². The molecule has 0 aliphatic heterocycles. The minimum atomic E-state index is -0.321. The van der Waals surface area contributed by atoms with Gasteiger partial charge >= 0.3 is 5.97 Å². The zero-order valence-electron chi connectivity index (χ0n) is 24.9. The van der Waals surface area contributed by atoms with E-state index in [2.05, 4.69) is 42.0 Å². The average Bonchev–Trinajstić information content (AvgIpc) is 3.62. The predicted octanol–water partition coefficient (Wildman–Crippen LogP) is 7.88. The number of carbonyl (C=O) groups is 2. The number of methoxy groups -OCH3 is 1. The standard InChI is InChI=1S/C31H46N4O3S2/c1-20-6-8-22(9-7-20)29(36)35(24-12-10-23(11-13-24)34-19-27(39-5)32-33-34)25-18-26(40-28(25)30(37)38-4)21-14-16-31(2,3)17-15-21/h18-24H,6-17H2,1-5H3. The fourth-order valence-corrected chi connectivity index (χ4v) is 8.58. The first-order chi connectivity index (χ1) is 19.2. The van der Waals surface area contributed by atoms with Gasteiger partial charge in [0.2, 0.25) is 5.91 Å². The van der Waals surface area contributed by atoms with Crippen LogP contribution in [0.15, 0.2) is 17.3 Å². The number of hydrogen-bond acceptors (Lipinski definition) is 7. The van der Waals surface area contributed by atoms with Crippen molar-refractivity contribution in [2.75, 3.05) is 18.3 Å². The number of thiophene rings is 1. The highest BCUT2D eigenvalue weighted by Gasteiger charge is 2.39. The second-order valence-corrected chi connectivity index (χ2v) is 15.1. The van der Waals surface area contributed by atoms with Crippen molar-refractivity contribution in [2.24, 2.45) is 17.3 Å². The summed E-state index contributed by atoms with van der Waals surface area (Å²) < 4.78 is 7.29. The minimum absolute atomic E-state index is 0.0257. The summed E-state index contributed by atoms with van der Waals surface area (Å²) in [5.74, 6) is 1.03. The van der Waals surface area contributed by atoms with Crippen LogP contribution in [0.25, 0.3) is 0 Å². The van der Waals surface area contributed by atoms with Crippen molar-refractivity contribution in [3.05, 3.63) is 22.0 Å². The molecule has 220 valence electrons. The van der Waals surface area contributed by atoms with Crippen LogP contribution in [0.1, 0.15) is 124 Å². The lowest BCUT2D eigenvalue weighted by molar-refractivity contribution is -0.124. The molecule has 0 aromatic carbocycles. The third-order valence-corrected chi connectivity index (χ3v) is 11.7. The summed E-state index contributed by atoms with van der Waals surface area (Å²) in [6, 6.07) is 2.56. The lowest BCUT2D eigenvalue weighted by Gasteiger charge is -2.39. The maximum absolute atomic E-state index is 14.4. The van der Waals surface area contributed by atoms with Crippen LogP contribution in [-0.4, -0.2) is 46.3 Å². The maximum atomic E-state index is 14.4. The summed E-state index contributed by atoms with van der Waals surface area (Å²) in [4.78, 5) is 31.4. The maximum Gasteiger partial charge on any atom is 0.350 e. The Balaban J connectivity index is 1.44. The second kappa shape index (κ2) is 12.6. The van der Waals surface area contributed by atoms with Crippen LogP contribution >= 0.6 is 23.1 Å². The second-order valence-electron chi connectivity index (χ2n) is 13.2. The van der Waals surface area contributed by atoms with E-state index in [1.165, 1.54) is 24.8 Å². The largest absolute Gasteiger partial charge is 0.465 e. The van der Waals surface area contributed by atoms with Gasteiger partial charge in [0.15, 0.2) is 0 Å². The summed E-state index contributed by atoms with van der Waals surface area (Å²) >= 11 is 3.17. The molecule has 2 aromatic heterocycles. The van der Waals surface area contributed by atoms with Crippen molar-refractivity contribution in [1.82, 2.24) is 15.0 Å². The van der Waals surface area contributed by atoms with E-state index in [0.29, 0.717) is 28.2 Å². The number of esters is 1. The number of nitrogens with zero attached hydrogens (tertiary/aromatic N) is 4. The van der Waals surface area contributed by atoms with Gasteiger partial charge < -0.3 is 9.64 Å². The van der Waals surface area contributed by atoms with Gasteiger partial charge in [0.05, 0.1) is 25.0 Å². The molecule has 0 bridgehead atoms. The fraction of sp³-hybridized carbons (Fsp3) is 0.742. The molecule has 0 spiro atoms. The normalized spacial score (nSPS) is 27.3. The zero-order valence-corrected chi connectivity index (χ0v) is 26.5. The Labute approximate surface area is 247 Å². The lowest BCUT2D eigenvalue weighted by atomic mass is 9.73. The Bertz CT molecular complexity index is 1170. The van der Waals surface area contributed by atoms with E-state index in [4.69, 9.17) is 4.74 Å². The van der Waals surface area contributed by atoms with Gasteiger partial charge in [-0.15, -0.1) is 28.2 Å². The van der Waals surface area contributed by atoms with Crippen LogP contribution in [0.4, 0.5) is 5.69 Å². The van der Waals surface area contributed by atoms with Crippen molar-refractivity contribution in [2.45, 2.75) is 121 Å². The van der Waals surface area contributed by atoms with Gasteiger partial charge in [0.1, 0.15) is 9.90 Å². The summed E-state index contributed by atoms with van der Waals surface area (Å²) in [6.07, 6.45) is 16.4. The molecule has 2 aromatic rings. The first-order valence-corrected chi connectivity index (χ1v) is 17.2. The van der Waals surface area contributed by atoms with Gasteiger partial charge in [0, 0.05) is 16.8 Å². The molecule has 7 nitrogen and oxygen atoms in total. The highest BCUT2D eigenvalue weighted by atomic mass is 32.2. The van der Waals surface area contributed by atoms with E-state index in [1.54, 1.807) is 23.1 Å². The molecule has 0 atom stereocenters. The minimum Gasteiger partial charge on any atom is -0.465 e. The van der Waals surface area contributed by atoms with Crippen LogP contribution in [0.5, 0.6) is 0 Å². The molecular formula is C31H46N4O3S2. The third kappa shape index (κ3) is 6.45. The van der Waals surface area contributed by atoms with Gasteiger partial charge in [-0.05, 0) is 107 Å². The molecular weight excluding hydrogens is 541 g/mol. The van der Waals surface area contributed by atoms with E-state index >= 15 is 0 Å². The Morgan fingerprint density at radius 3 is 2.33 bits per heavy atom. The molecule has 9 heteroatoms. The topological polar surface area (TPSA) is 77.3 Å². The highest BCUT2D eigenvalue weighted by Crippen LogP contribution is 2.47. The number of rotatable bonds is 7. The van der Waals surface area contributed by atoms with Crippen molar-refractivity contribution in [1.29, 1.82) is 0 Å². The van der Waals surface area contributed by atoms with Crippen LogP contribution in [-0.2, 0) is 9.53 Å². The van der Waals surface area contributed by atoms with Crippen molar-refractivity contribution in [3.8, 4) is 0 Å². The van der Waals surface area contributed by atoms with Gasteiger partial charge in [-0.1, -0.05) is 26.0 Å². The summed E-state index contributed by atoms with van der Waals surface area (Å²) in [5, 5.41) is 9.57. The van der Waals surface area contributed by atoms with E-state index in [0.717, 1.165) is 74.9 Å². The lowest BCUT2D eigenvalue weighted by Crippen LogP contribution is -2.46. The van der Waals surface area contributed by atoms with Gasteiger partial charge in [-0.25, -0.2) is 9.48 Å². The molecule has 40 heavy (non-hydrogen) atoms. The van der Waals surface area contributed by atoms with Crippen molar-refractivity contribution < 1.29 is 14.3 Å². The summed E-state index contributed by atoms with van der Waals surface area (Å²) in [6.45, 7) is 7.00. The number of carbonyl (C=O) groups excluding carboxylic acids is 2. The van der Waals surface area contributed by atoms with Gasteiger partial charge in [0.25, 0.3) is 0 Å². The molecule has 5 rings (SSSR count). The van der Waals surface area contributed by atoms with Crippen molar-refractivity contribution >= 4 is 40.7 Å². The highest BCUT2D eigenvalue weighted by molar-refractivity contribution is 7.98. The molecule has 0 unspecified atom stereocenters.